The van der Waals surface area contributed by atoms with Crippen LogP contribution in [0.1, 0.15) is 24.1 Å². The molecule has 2 aliphatic heterocycles. The first-order valence-electron chi connectivity index (χ1n) is 13.2. The van der Waals surface area contributed by atoms with Crippen molar-refractivity contribution in [1.29, 1.82) is 10.5 Å². The molecule has 39 heavy (non-hydrogen) atoms. The highest BCUT2D eigenvalue weighted by molar-refractivity contribution is 6.36. The van der Waals surface area contributed by atoms with E-state index < -0.39 is 0 Å². The van der Waals surface area contributed by atoms with E-state index in [0.29, 0.717) is 45.5 Å². The summed E-state index contributed by atoms with van der Waals surface area (Å²) < 4.78 is 6.66. The van der Waals surface area contributed by atoms with Gasteiger partial charge in [0.1, 0.15) is 6.07 Å². The molecule has 13 heteroatoms. The summed E-state index contributed by atoms with van der Waals surface area (Å²) in [5.74, 6) is 0.813. The van der Waals surface area contributed by atoms with Crippen LogP contribution in [0, 0.1) is 22.7 Å². The van der Waals surface area contributed by atoms with Gasteiger partial charge in [0.15, 0.2) is 17.2 Å². The number of nitriles is 2. The molecule has 202 valence electrons. The molecule has 0 atom stereocenters. The second-order valence-corrected chi connectivity index (χ2v) is 10.6. The van der Waals surface area contributed by atoms with Gasteiger partial charge in [-0.1, -0.05) is 11.6 Å². The van der Waals surface area contributed by atoms with Crippen molar-refractivity contribution in [2.45, 2.75) is 24.9 Å². The molecular formula is C26H30ClN11O. The Labute approximate surface area is 231 Å². The van der Waals surface area contributed by atoms with Crippen molar-refractivity contribution in [2.24, 2.45) is 0 Å². The molecule has 3 aromatic rings. The molecule has 0 bridgehead atoms. The molecule has 1 aliphatic carbocycles. The fraction of sp³-hybridized carbons (Fsp3) is 0.500. The summed E-state index contributed by atoms with van der Waals surface area (Å²) in [5.41, 5.74) is 2.64. The molecule has 2 N–H and O–H groups in total. The van der Waals surface area contributed by atoms with Crippen molar-refractivity contribution in [3.05, 3.63) is 34.6 Å². The molecule has 12 nitrogen and oxygen atoms in total. The number of piperazine rings is 1. The first kappa shape index (κ1) is 25.6. The van der Waals surface area contributed by atoms with Crippen LogP contribution in [0.3, 0.4) is 0 Å². The monoisotopic (exact) mass is 547 g/mol. The smallest absolute Gasteiger partial charge is 0.247 e. The summed E-state index contributed by atoms with van der Waals surface area (Å²) in [7, 11) is 1.74. The first-order valence-corrected chi connectivity index (χ1v) is 13.6. The van der Waals surface area contributed by atoms with Crippen LogP contribution in [-0.4, -0.2) is 101 Å². The highest BCUT2D eigenvalue weighted by Crippen LogP contribution is 2.37. The lowest BCUT2D eigenvalue weighted by atomic mass is 10.1. The maximum absolute atomic E-state index is 9.76. The fourth-order valence-electron chi connectivity index (χ4n) is 5.15. The number of hydrogen-bond donors (Lipinski definition) is 2. The third kappa shape index (κ3) is 5.29. The van der Waals surface area contributed by atoms with Crippen molar-refractivity contribution >= 4 is 40.4 Å². The number of nitrogens with one attached hydrogen (secondary N) is 2. The minimum Gasteiger partial charge on any atom is -0.383 e. The molecule has 0 radical (unpaired) electrons. The third-order valence-electron chi connectivity index (χ3n) is 7.54. The van der Waals surface area contributed by atoms with Crippen LogP contribution >= 0.6 is 11.6 Å². The minimum absolute atomic E-state index is 0.260. The SMILES string of the molecule is COCCN1CC(N2CCN(c3cc(C#N)cc(Nc4nc(NC5CC5)c5ncc(C#N)n5n4)c3Cl)CC2)C1. The zero-order valence-electron chi connectivity index (χ0n) is 21.8. The molecule has 4 heterocycles. The summed E-state index contributed by atoms with van der Waals surface area (Å²) in [6.07, 6.45) is 3.60. The van der Waals surface area contributed by atoms with E-state index in [2.05, 4.69) is 52.5 Å². The Hall–Kier alpha value is -3.68. The quantitative estimate of drug-likeness (QED) is 0.408. The number of aromatic nitrogens is 4. The van der Waals surface area contributed by atoms with E-state index in [-0.39, 0.29) is 5.95 Å². The number of methoxy groups -OCH3 is 1. The minimum atomic E-state index is 0.260. The van der Waals surface area contributed by atoms with E-state index in [1.165, 1.54) is 10.7 Å². The maximum Gasteiger partial charge on any atom is 0.247 e. The average molecular weight is 548 g/mol. The molecule has 2 saturated heterocycles. The predicted molar refractivity (Wildman–Crippen MR) is 147 cm³/mol. The number of imidazole rings is 1. The van der Waals surface area contributed by atoms with Crippen molar-refractivity contribution in [2.75, 3.05) is 75.1 Å². The molecular weight excluding hydrogens is 518 g/mol. The molecule has 2 aromatic heterocycles. The normalized spacial score (nSPS) is 18.5. The largest absolute Gasteiger partial charge is 0.383 e. The van der Waals surface area contributed by atoms with Gasteiger partial charge in [0.25, 0.3) is 0 Å². The Morgan fingerprint density at radius 1 is 1.13 bits per heavy atom. The lowest BCUT2D eigenvalue weighted by molar-refractivity contribution is 0.0159. The number of ether oxygens (including phenoxy) is 1. The molecule has 0 unspecified atom stereocenters. The van der Waals surface area contributed by atoms with Crippen LogP contribution in [0.5, 0.6) is 0 Å². The van der Waals surface area contributed by atoms with Crippen molar-refractivity contribution in [3.63, 3.8) is 0 Å². The highest BCUT2D eigenvalue weighted by Gasteiger charge is 2.33. The summed E-state index contributed by atoms with van der Waals surface area (Å²) >= 11 is 6.93. The van der Waals surface area contributed by atoms with Crippen molar-refractivity contribution in [1.82, 2.24) is 29.4 Å². The van der Waals surface area contributed by atoms with Crippen LogP contribution in [0.4, 0.5) is 23.1 Å². The number of halogens is 1. The summed E-state index contributed by atoms with van der Waals surface area (Å²) in [5, 5.41) is 30.8. The number of nitrogens with zero attached hydrogens (tertiary/aromatic N) is 9. The van der Waals surface area contributed by atoms with Crippen LogP contribution in [0.2, 0.25) is 5.02 Å². The Morgan fingerprint density at radius 3 is 2.62 bits per heavy atom. The zero-order chi connectivity index (χ0) is 26.9. The van der Waals surface area contributed by atoms with Crippen LogP contribution in [0.25, 0.3) is 5.65 Å². The number of anilines is 4. The average Bonchev–Trinajstić information content (AvgIpc) is 3.65. The van der Waals surface area contributed by atoms with Crippen LogP contribution < -0.4 is 15.5 Å². The second-order valence-electron chi connectivity index (χ2n) is 10.2. The van der Waals surface area contributed by atoms with Crippen molar-refractivity contribution < 1.29 is 4.74 Å². The van der Waals surface area contributed by atoms with Gasteiger partial charge in [-0.15, -0.1) is 5.10 Å². The Balaban J connectivity index is 1.20. The van der Waals surface area contributed by atoms with E-state index in [1.54, 1.807) is 13.2 Å². The number of benzene rings is 1. The standard InChI is InChI=1S/C26H30ClN11O/c1-39-9-8-35-15-20(16-35)36-4-6-37(7-5-36)22-11-17(12-28)10-21(23(22)27)32-26-33-24(31-18-2-3-18)25-30-14-19(13-29)38(25)34-26/h10-11,14,18,20H,2-9,15-16H2,1H3,(H2,31,32,33,34). The topological polar surface area (TPSA) is 134 Å². The lowest BCUT2D eigenvalue weighted by Crippen LogP contribution is -2.63. The Kier molecular flexibility index (Phi) is 7.11. The summed E-state index contributed by atoms with van der Waals surface area (Å²) in [4.78, 5) is 16.1. The van der Waals surface area contributed by atoms with Crippen LogP contribution in [-0.2, 0) is 4.74 Å². The highest BCUT2D eigenvalue weighted by atomic mass is 35.5. The van der Waals surface area contributed by atoms with Gasteiger partial charge < -0.3 is 20.3 Å². The van der Waals surface area contributed by atoms with Gasteiger partial charge in [-0.05, 0) is 25.0 Å². The molecule has 3 aliphatic rings. The van der Waals surface area contributed by atoms with E-state index in [4.69, 9.17) is 16.3 Å². The Bertz CT molecular complexity index is 1440. The van der Waals surface area contributed by atoms with Gasteiger partial charge in [-0.3, -0.25) is 9.80 Å². The van der Waals surface area contributed by atoms with E-state index in [0.717, 1.165) is 70.9 Å². The molecule has 6 rings (SSSR count). The first-order chi connectivity index (χ1) is 19.1. The van der Waals surface area contributed by atoms with Gasteiger partial charge in [-0.25, -0.2) is 4.98 Å². The Morgan fingerprint density at radius 2 is 1.92 bits per heavy atom. The van der Waals surface area contributed by atoms with Gasteiger partial charge >= 0.3 is 0 Å². The van der Waals surface area contributed by atoms with E-state index in [9.17, 15) is 10.5 Å². The van der Waals surface area contributed by atoms with Gasteiger partial charge in [0, 0.05) is 65.0 Å². The molecule has 1 aromatic carbocycles. The maximum atomic E-state index is 9.76. The number of hydrogen-bond acceptors (Lipinski definition) is 11. The van der Waals surface area contributed by atoms with Crippen LogP contribution in [0.15, 0.2) is 18.3 Å². The van der Waals surface area contributed by atoms with E-state index >= 15 is 0 Å². The van der Waals surface area contributed by atoms with Gasteiger partial charge in [0.2, 0.25) is 5.95 Å². The van der Waals surface area contributed by atoms with Crippen molar-refractivity contribution in [3.8, 4) is 12.1 Å². The number of fused-ring (bicyclic) bond motifs is 1. The lowest BCUT2D eigenvalue weighted by Gasteiger charge is -2.48. The fourth-order valence-corrected chi connectivity index (χ4v) is 5.42. The summed E-state index contributed by atoms with van der Waals surface area (Å²) in [6.45, 7) is 7.42. The molecule has 0 spiro atoms. The molecule has 1 saturated carbocycles. The molecule has 0 amide bonds. The number of likely N-dealkylation sites (tertiary alicyclic amines) is 1. The summed E-state index contributed by atoms with van der Waals surface area (Å²) in [6, 6.07) is 8.82. The predicted octanol–water partition coefficient (Wildman–Crippen LogP) is 2.29. The van der Waals surface area contributed by atoms with Gasteiger partial charge in [-0.2, -0.15) is 20.0 Å². The van der Waals surface area contributed by atoms with Gasteiger partial charge in [0.05, 0.1) is 40.8 Å². The molecule has 3 fully saturated rings. The zero-order valence-corrected chi connectivity index (χ0v) is 22.5. The third-order valence-corrected chi connectivity index (χ3v) is 7.94. The van der Waals surface area contributed by atoms with E-state index in [1.807, 2.05) is 6.07 Å². The second kappa shape index (κ2) is 10.8. The number of rotatable bonds is 9.